The zero-order chi connectivity index (χ0) is 20.5. The third-order valence-electron chi connectivity index (χ3n) is 5.38. The van der Waals surface area contributed by atoms with Gasteiger partial charge in [-0.05, 0) is 56.6 Å². The molecule has 8 heteroatoms. The van der Waals surface area contributed by atoms with Gasteiger partial charge >= 0.3 is 0 Å². The van der Waals surface area contributed by atoms with Crippen molar-refractivity contribution in [3.8, 4) is 0 Å². The van der Waals surface area contributed by atoms with E-state index in [1.807, 2.05) is 26.2 Å². The first kappa shape index (κ1) is 20.6. The summed E-state index contributed by atoms with van der Waals surface area (Å²) in [7, 11) is 1.45. The Bertz CT molecular complexity index is 952. The van der Waals surface area contributed by atoms with Crippen LogP contribution in [0.1, 0.15) is 31.5 Å². The number of aromatic nitrogens is 1. The molecule has 2 atom stereocenters. The maximum Gasteiger partial charge on any atom is 0.242 e. The number of benzene rings is 1. The molecule has 1 amide bonds. The van der Waals surface area contributed by atoms with Gasteiger partial charge < -0.3 is 9.88 Å². The predicted molar refractivity (Wildman–Crippen MR) is 110 cm³/mol. The highest BCUT2D eigenvalue weighted by Gasteiger charge is 2.34. The van der Waals surface area contributed by atoms with Crippen LogP contribution in [0.25, 0.3) is 0 Å². The molecule has 0 radical (unpaired) electrons. The van der Waals surface area contributed by atoms with Crippen LogP contribution >= 0.6 is 0 Å². The number of sulfonamides is 1. The van der Waals surface area contributed by atoms with Crippen molar-refractivity contribution in [1.82, 2.24) is 13.8 Å². The number of rotatable bonds is 6. The number of nitrogens with zero attached hydrogens (tertiary/aromatic N) is 3. The van der Waals surface area contributed by atoms with Gasteiger partial charge in [0.05, 0.1) is 17.0 Å². The molecule has 1 aliphatic rings. The zero-order valence-electron chi connectivity index (χ0n) is 16.8. The van der Waals surface area contributed by atoms with Crippen LogP contribution in [0.2, 0.25) is 0 Å². The largest absolute Gasteiger partial charge is 0.353 e. The lowest BCUT2D eigenvalue weighted by Crippen LogP contribution is -2.42. The molecule has 2 aromatic rings. The normalized spacial score (nSPS) is 19.1. The zero-order valence-corrected chi connectivity index (χ0v) is 17.6. The first-order chi connectivity index (χ1) is 13.2. The molecule has 1 aliphatic heterocycles. The van der Waals surface area contributed by atoms with Crippen molar-refractivity contribution in [2.24, 2.45) is 7.05 Å². The number of carbonyl (C=O) groups excluding carboxylic acids is 1. The average molecular weight is 405 g/mol. The lowest BCUT2D eigenvalue weighted by Gasteiger charge is -2.30. The number of aryl methyl sites for hydroxylation is 1. The van der Waals surface area contributed by atoms with Gasteiger partial charge in [0.2, 0.25) is 15.9 Å². The van der Waals surface area contributed by atoms with E-state index < -0.39 is 10.0 Å². The van der Waals surface area contributed by atoms with E-state index in [-0.39, 0.29) is 22.9 Å². The first-order valence-corrected chi connectivity index (χ1v) is 10.9. The molecule has 28 heavy (non-hydrogen) atoms. The van der Waals surface area contributed by atoms with E-state index in [1.54, 1.807) is 12.1 Å². The van der Waals surface area contributed by atoms with E-state index >= 15 is 0 Å². The van der Waals surface area contributed by atoms with Crippen molar-refractivity contribution in [3.63, 3.8) is 0 Å². The molecule has 152 valence electrons. The number of likely N-dealkylation sites (tertiary alicyclic amines) is 1. The quantitative estimate of drug-likeness (QED) is 0.803. The van der Waals surface area contributed by atoms with Crippen LogP contribution in [0.15, 0.2) is 47.5 Å². The second-order valence-corrected chi connectivity index (χ2v) is 9.57. The van der Waals surface area contributed by atoms with Crippen LogP contribution in [0.4, 0.5) is 5.69 Å². The van der Waals surface area contributed by atoms with Crippen molar-refractivity contribution in [2.75, 3.05) is 26.0 Å². The molecule has 1 aromatic carbocycles. The summed E-state index contributed by atoms with van der Waals surface area (Å²) in [6, 6.07) is 10.4. The summed E-state index contributed by atoms with van der Waals surface area (Å²) in [5.74, 6) is -0.138. The molecule has 3 rings (SSSR count). The summed E-state index contributed by atoms with van der Waals surface area (Å²) >= 11 is 0. The van der Waals surface area contributed by atoms with E-state index in [4.69, 9.17) is 0 Å². The average Bonchev–Trinajstić information content (AvgIpc) is 3.29. The molecule has 0 saturated carbocycles. The Hall–Kier alpha value is -2.16. The molecule has 0 spiro atoms. The molecule has 1 aromatic heterocycles. The number of hydrogen-bond donors (Lipinski definition) is 1. The highest BCUT2D eigenvalue weighted by Crippen LogP contribution is 2.33. The van der Waals surface area contributed by atoms with Gasteiger partial charge in [0.15, 0.2) is 0 Å². The monoisotopic (exact) mass is 404 g/mol. The highest BCUT2D eigenvalue weighted by atomic mass is 32.2. The number of amides is 1. The topological polar surface area (TPSA) is 74.7 Å². The Kier molecular flexibility index (Phi) is 5.92. The molecule has 0 bridgehead atoms. The Morgan fingerprint density at radius 3 is 2.64 bits per heavy atom. The second kappa shape index (κ2) is 8.06. The van der Waals surface area contributed by atoms with Gasteiger partial charge in [-0.2, -0.15) is 0 Å². The molecule has 7 nitrogen and oxygen atoms in total. The maximum atomic E-state index is 12.9. The van der Waals surface area contributed by atoms with Crippen molar-refractivity contribution in [1.29, 1.82) is 0 Å². The number of hydrogen-bond acceptors (Lipinski definition) is 4. The van der Waals surface area contributed by atoms with Crippen molar-refractivity contribution in [2.45, 2.75) is 36.7 Å². The van der Waals surface area contributed by atoms with Gasteiger partial charge in [0.1, 0.15) is 0 Å². The Morgan fingerprint density at radius 1 is 1.25 bits per heavy atom. The van der Waals surface area contributed by atoms with Crippen LogP contribution in [0.5, 0.6) is 0 Å². The summed E-state index contributed by atoms with van der Waals surface area (Å²) in [6.07, 6.45) is 4.09. The predicted octanol–water partition coefficient (Wildman–Crippen LogP) is 2.44. The van der Waals surface area contributed by atoms with Crippen LogP contribution in [-0.4, -0.2) is 54.8 Å². The number of nitrogens with one attached hydrogen (secondary N) is 1. The summed E-state index contributed by atoms with van der Waals surface area (Å²) in [4.78, 5) is 15.2. The molecular weight excluding hydrogens is 376 g/mol. The van der Waals surface area contributed by atoms with Crippen molar-refractivity contribution < 1.29 is 13.2 Å². The van der Waals surface area contributed by atoms with Gasteiger partial charge in [-0.3, -0.25) is 9.69 Å². The molecule has 2 heterocycles. The van der Waals surface area contributed by atoms with Crippen molar-refractivity contribution in [3.05, 3.63) is 48.3 Å². The Balaban J connectivity index is 1.75. The van der Waals surface area contributed by atoms with Crippen LogP contribution in [-0.2, 0) is 21.9 Å². The standard InChI is InChI=1S/C20H28N4O3S/c1-15(24-13-7-11-19(24)18-10-6-12-23(18)4)20(25)21-16-8-5-9-17(14-16)28(26,27)22(2)3/h5-6,8-10,12,14-15,19H,7,11,13H2,1-4H3,(H,21,25)/t15-,19+/m0/s1. The van der Waals surface area contributed by atoms with Gasteiger partial charge in [-0.25, -0.2) is 12.7 Å². The smallest absolute Gasteiger partial charge is 0.242 e. The minimum Gasteiger partial charge on any atom is -0.353 e. The molecule has 1 N–H and O–H groups in total. The van der Waals surface area contributed by atoms with Crippen LogP contribution < -0.4 is 5.32 Å². The highest BCUT2D eigenvalue weighted by molar-refractivity contribution is 7.89. The van der Waals surface area contributed by atoms with Gasteiger partial charge in [-0.1, -0.05) is 6.07 Å². The van der Waals surface area contributed by atoms with Crippen molar-refractivity contribution >= 4 is 21.6 Å². The van der Waals surface area contributed by atoms with E-state index in [1.165, 1.54) is 31.9 Å². The molecule has 0 unspecified atom stereocenters. The number of carbonyl (C=O) groups is 1. The van der Waals surface area contributed by atoms with Crippen LogP contribution in [0, 0.1) is 0 Å². The molecule has 1 saturated heterocycles. The minimum absolute atomic E-state index is 0.138. The lowest BCUT2D eigenvalue weighted by molar-refractivity contribution is -0.121. The maximum absolute atomic E-state index is 12.9. The third kappa shape index (κ3) is 3.99. The van der Waals surface area contributed by atoms with Gasteiger partial charge in [-0.15, -0.1) is 0 Å². The molecule has 1 fully saturated rings. The SMILES string of the molecule is C[C@@H](C(=O)Nc1cccc(S(=O)(=O)N(C)C)c1)N1CCC[C@@H]1c1cccn1C. The lowest BCUT2D eigenvalue weighted by atomic mass is 10.1. The minimum atomic E-state index is -3.55. The second-order valence-electron chi connectivity index (χ2n) is 7.42. The fourth-order valence-electron chi connectivity index (χ4n) is 3.73. The summed E-state index contributed by atoms with van der Waals surface area (Å²) in [6.45, 7) is 2.76. The summed E-state index contributed by atoms with van der Waals surface area (Å²) < 4.78 is 27.9. The third-order valence-corrected chi connectivity index (χ3v) is 7.19. The fourth-order valence-corrected chi connectivity index (χ4v) is 4.68. The first-order valence-electron chi connectivity index (χ1n) is 9.42. The van der Waals surface area contributed by atoms with Gasteiger partial charge in [0.25, 0.3) is 0 Å². The number of anilines is 1. The van der Waals surface area contributed by atoms with Crippen LogP contribution in [0.3, 0.4) is 0 Å². The fraction of sp³-hybridized carbons (Fsp3) is 0.450. The molecular formula is C20H28N4O3S. The Morgan fingerprint density at radius 2 is 2.00 bits per heavy atom. The summed E-state index contributed by atoms with van der Waals surface area (Å²) in [5, 5.41) is 2.88. The van der Waals surface area contributed by atoms with E-state index in [2.05, 4.69) is 20.9 Å². The van der Waals surface area contributed by atoms with E-state index in [0.29, 0.717) is 5.69 Å². The summed E-state index contributed by atoms with van der Waals surface area (Å²) in [5.41, 5.74) is 1.69. The Labute approximate surface area is 167 Å². The molecule has 0 aliphatic carbocycles. The van der Waals surface area contributed by atoms with Gasteiger partial charge in [0, 0.05) is 38.7 Å². The van der Waals surface area contributed by atoms with E-state index in [0.717, 1.165) is 23.7 Å². The van der Waals surface area contributed by atoms with E-state index in [9.17, 15) is 13.2 Å².